The number of rotatable bonds is 1. The summed E-state index contributed by atoms with van der Waals surface area (Å²) in [5.41, 5.74) is 1.44. The summed E-state index contributed by atoms with van der Waals surface area (Å²) in [6.07, 6.45) is 3.19. The zero-order valence-electron chi connectivity index (χ0n) is 11.5. The second-order valence-electron chi connectivity index (χ2n) is 5.69. The molecule has 21 heavy (non-hydrogen) atoms. The van der Waals surface area contributed by atoms with Gasteiger partial charge in [-0.05, 0) is 36.9 Å². The molecular weight excluding hydrogens is 313 g/mol. The van der Waals surface area contributed by atoms with Crippen molar-refractivity contribution in [3.8, 4) is 0 Å². The maximum absolute atomic E-state index is 14.1. The van der Waals surface area contributed by atoms with Gasteiger partial charge in [0.25, 0.3) is 5.91 Å². The third-order valence-corrected chi connectivity index (χ3v) is 6.32. The number of aliphatic imine (C=N–C) groups is 1. The molecule has 1 amide bonds. The van der Waals surface area contributed by atoms with E-state index < -0.39 is 6.04 Å². The Morgan fingerprint density at radius 1 is 1.57 bits per heavy atom. The normalized spacial score (nSPS) is 25.6. The molecule has 1 aromatic heterocycles. The van der Waals surface area contributed by atoms with Gasteiger partial charge in [0.2, 0.25) is 0 Å². The predicted octanol–water partition coefficient (Wildman–Crippen LogP) is 3.18. The fourth-order valence-electron chi connectivity index (χ4n) is 3.18. The van der Waals surface area contributed by atoms with Gasteiger partial charge >= 0.3 is 0 Å². The van der Waals surface area contributed by atoms with Gasteiger partial charge < -0.3 is 10.2 Å². The Morgan fingerprint density at radius 2 is 2.29 bits per heavy atom. The molecule has 0 bridgehead atoms. The summed E-state index contributed by atoms with van der Waals surface area (Å²) in [6.45, 7) is 1.87. The number of amides is 1. The van der Waals surface area contributed by atoms with Crippen molar-refractivity contribution < 1.29 is 9.18 Å². The van der Waals surface area contributed by atoms with Crippen molar-refractivity contribution in [2.45, 2.75) is 31.3 Å². The first-order valence-corrected chi connectivity index (χ1v) is 7.92. The van der Waals surface area contributed by atoms with Gasteiger partial charge in [-0.2, -0.15) is 0 Å². The summed E-state index contributed by atoms with van der Waals surface area (Å²) in [6, 6.07) is -0.733. The van der Waals surface area contributed by atoms with Gasteiger partial charge in [-0.15, -0.1) is 11.3 Å². The molecule has 1 atom stereocenters. The Morgan fingerprint density at radius 3 is 2.95 bits per heavy atom. The molecule has 4 nitrogen and oxygen atoms in total. The molecule has 0 radical (unpaired) electrons. The highest BCUT2D eigenvalue weighted by Crippen LogP contribution is 2.60. The summed E-state index contributed by atoms with van der Waals surface area (Å²) >= 11 is 7.35. The SMILES string of the molecule is Cc1c(C2N=C(Cl)NC=C2F)sc2c1C(=O)N(C)C21CC1. The van der Waals surface area contributed by atoms with Gasteiger partial charge in [0.1, 0.15) is 11.9 Å². The highest BCUT2D eigenvalue weighted by Gasteiger charge is 2.58. The first kappa shape index (κ1) is 13.3. The molecule has 1 unspecified atom stereocenters. The first-order chi connectivity index (χ1) is 9.95. The molecule has 2 aliphatic heterocycles. The van der Waals surface area contributed by atoms with Crippen LogP contribution in [0.25, 0.3) is 0 Å². The number of halogens is 2. The van der Waals surface area contributed by atoms with E-state index in [1.807, 2.05) is 18.9 Å². The monoisotopic (exact) mass is 325 g/mol. The minimum absolute atomic E-state index is 0.0379. The molecule has 3 heterocycles. The molecule has 7 heteroatoms. The maximum Gasteiger partial charge on any atom is 0.255 e. The molecule has 1 saturated carbocycles. The Balaban J connectivity index is 1.86. The lowest BCUT2D eigenvalue weighted by atomic mass is 10.1. The summed E-state index contributed by atoms with van der Waals surface area (Å²) < 4.78 is 14.1. The van der Waals surface area contributed by atoms with Crippen LogP contribution in [0.2, 0.25) is 0 Å². The third-order valence-electron chi connectivity index (χ3n) is 4.57. The van der Waals surface area contributed by atoms with E-state index in [2.05, 4.69) is 10.3 Å². The van der Waals surface area contributed by atoms with Gasteiger partial charge in [-0.3, -0.25) is 4.79 Å². The molecule has 110 valence electrons. The third kappa shape index (κ3) is 1.60. The Hall–Kier alpha value is -1.40. The molecule has 1 N–H and O–H groups in total. The van der Waals surface area contributed by atoms with Crippen molar-refractivity contribution in [1.82, 2.24) is 10.2 Å². The quantitative estimate of drug-likeness (QED) is 0.806. The number of nitrogens with one attached hydrogen (secondary N) is 1. The number of thiophene rings is 1. The van der Waals surface area contributed by atoms with E-state index in [1.165, 1.54) is 17.5 Å². The first-order valence-electron chi connectivity index (χ1n) is 6.73. The van der Waals surface area contributed by atoms with E-state index in [4.69, 9.17) is 11.6 Å². The topological polar surface area (TPSA) is 44.7 Å². The lowest BCUT2D eigenvalue weighted by Crippen LogP contribution is -2.29. The van der Waals surface area contributed by atoms with E-state index >= 15 is 0 Å². The van der Waals surface area contributed by atoms with E-state index in [9.17, 15) is 9.18 Å². The number of carbonyl (C=O) groups excluding carboxylic acids is 1. The highest BCUT2D eigenvalue weighted by molar-refractivity contribution is 7.13. The second kappa shape index (κ2) is 4.08. The average molecular weight is 326 g/mol. The molecule has 1 aliphatic carbocycles. The van der Waals surface area contributed by atoms with Crippen LogP contribution in [-0.2, 0) is 5.54 Å². The average Bonchev–Trinajstić information content (AvgIpc) is 3.15. The zero-order chi connectivity index (χ0) is 14.9. The van der Waals surface area contributed by atoms with Crippen LogP contribution in [0.1, 0.15) is 44.6 Å². The smallest absolute Gasteiger partial charge is 0.255 e. The van der Waals surface area contributed by atoms with E-state index in [0.29, 0.717) is 0 Å². The number of hydrogen-bond donors (Lipinski definition) is 1. The standard InChI is InChI=1S/C14H13ClFN3OS/c1-6-8-11(14(3-4-14)19(2)12(8)20)21-10(6)9-7(16)5-17-13(15)18-9/h5,9H,3-4H2,1-2H3,(H,17,18). The Labute approximate surface area is 130 Å². The van der Waals surface area contributed by atoms with Gasteiger partial charge in [0.15, 0.2) is 5.29 Å². The largest absolute Gasteiger partial charge is 0.335 e. The summed E-state index contributed by atoms with van der Waals surface area (Å²) in [7, 11) is 1.85. The van der Waals surface area contributed by atoms with Crippen molar-refractivity contribution in [1.29, 1.82) is 0 Å². The minimum Gasteiger partial charge on any atom is -0.335 e. The number of amidine groups is 1. The molecular formula is C14H13ClFN3OS. The molecule has 3 aliphatic rings. The summed E-state index contributed by atoms with van der Waals surface area (Å²) in [4.78, 5) is 20.3. The molecule has 0 saturated heterocycles. The fourth-order valence-corrected chi connectivity index (χ4v) is 4.95. The van der Waals surface area contributed by atoms with Crippen LogP contribution in [0, 0.1) is 6.92 Å². The van der Waals surface area contributed by atoms with E-state index in [-0.39, 0.29) is 22.6 Å². The predicted molar refractivity (Wildman–Crippen MR) is 80.4 cm³/mol. The minimum atomic E-state index is -0.733. The molecule has 4 rings (SSSR count). The van der Waals surface area contributed by atoms with Crippen LogP contribution in [0.3, 0.4) is 0 Å². The number of fused-ring (bicyclic) bond motifs is 2. The zero-order valence-corrected chi connectivity index (χ0v) is 13.1. The fraction of sp³-hybridized carbons (Fsp3) is 0.429. The van der Waals surface area contributed by atoms with Gasteiger partial charge in [-0.1, -0.05) is 0 Å². The van der Waals surface area contributed by atoms with Crippen molar-refractivity contribution in [2.24, 2.45) is 4.99 Å². The molecule has 0 aromatic carbocycles. The van der Waals surface area contributed by atoms with Crippen LogP contribution < -0.4 is 5.32 Å². The lowest BCUT2D eigenvalue weighted by molar-refractivity contribution is 0.0755. The summed E-state index contributed by atoms with van der Waals surface area (Å²) in [5, 5.41) is 2.72. The second-order valence-corrected chi connectivity index (χ2v) is 7.10. The van der Waals surface area contributed by atoms with Gasteiger partial charge in [0, 0.05) is 23.0 Å². The number of nitrogens with zero attached hydrogens (tertiary/aromatic N) is 2. The van der Waals surface area contributed by atoms with Crippen LogP contribution in [0.5, 0.6) is 0 Å². The Kier molecular flexibility index (Phi) is 2.58. The van der Waals surface area contributed by atoms with Crippen LogP contribution in [0.15, 0.2) is 17.0 Å². The number of carbonyl (C=O) groups is 1. The number of hydrogen-bond acceptors (Lipinski definition) is 4. The lowest BCUT2D eigenvalue weighted by Gasteiger charge is -2.20. The Bertz CT molecular complexity index is 735. The van der Waals surface area contributed by atoms with Crippen LogP contribution in [-0.4, -0.2) is 23.1 Å². The molecule has 1 fully saturated rings. The van der Waals surface area contributed by atoms with Crippen LogP contribution >= 0.6 is 22.9 Å². The van der Waals surface area contributed by atoms with Gasteiger partial charge in [-0.25, -0.2) is 9.38 Å². The van der Waals surface area contributed by atoms with Crippen molar-refractivity contribution in [3.63, 3.8) is 0 Å². The van der Waals surface area contributed by atoms with Crippen molar-refractivity contribution >= 4 is 34.1 Å². The van der Waals surface area contributed by atoms with Gasteiger partial charge in [0.05, 0.1) is 11.1 Å². The molecule has 1 spiro atoms. The highest BCUT2D eigenvalue weighted by atomic mass is 35.5. The van der Waals surface area contributed by atoms with E-state index in [1.54, 1.807) is 0 Å². The maximum atomic E-state index is 14.1. The molecule has 1 aromatic rings. The summed E-state index contributed by atoms with van der Waals surface area (Å²) in [5.74, 6) is -0.344. The van der Waals surface area contributed by atoms with Crippen LogP contribution in [0.4, 0.5) is 4.39 Å². The van der Waals surface area contributed by atoms with Crippen molar-refractivity contribution in [2.75, 3.05) is 7.05 Å². The van der Waals surface area contributed by atoms with Crippen molar-refractivity contribution in [3.05, 3.63) is 32.9 Å². The van der Waals surface area contributed by atoms with E-state index in [0.717, 1.165) is 33.7 Å².